The molecular formula is C15H24Si. The van der Waals surface area contributed by atoms with Gasteiger partial charge < -0.3 is 0 Å². The van der Waals surface area contributed by atoms with Crippen LogP contribution in [0.2, 0.25) is 10.1 Å². The van der Waals surface area contributed by atoms with Crippen LogP contribution in [0.1, 0.15) is 41.5 Å². The van der Waals surface area contributed by atoms with E-state index >= 15 is 0 Å². The minimum absolute atomic E-state index is 0.358. The van der Waals surface area contributed by atoms with Gasteiger partial charge in [-0.15, -0.1) is 0 Å². The standard InChI is InChI=1S/C15H24Si/c1-12-10-8-9-11-13(12)16(14(2,3)4)15(5,6)7/h8-11H,1H2,2-7H3. The van der Waals surface area contributed by atoms with E-state index in [9.17, 15) is 0 Å². The minimum atomic E-state index is -0.646. The summed E-state index contributed by atoms with van der Waals surface area (Å²) in [6.07, 6.45) is 0. The van der Waals surface area contributed by atoms with Crippen LogP contribution in [0.5, 0.6) is 0 Å². The van der Waals surface area contributed by atoms with Crippen LogP contribution in [0.25, 0.3) is 6.58 Å². The summed E-state index contributed by atoms with van der Waals surface area (Å²) in [4.78, 5) is 1.49. The maximum atomic E-state index is 4.19. The average molecular weight is 232 g/mol. The van der Waals surface area contributed by atoms with Gasteiger partial charge in [-0.25, -0.2) is 0 Å². The Labute approximate surface area is 101 Å². The van der Waals surface area contributed by atoms with Crippen molar-refractivity contribution in [2.75, 3.05) is 0 Å². The van der Waals surface area contributed by atoms with Gasteiger partial charge in [-0.3, -0.25) is 0 Å². The summed E-state index contributed by atoms with van der Waals surface area (Å²) >= 11 is 0. The van der Waals surface area contributed by atoms with E-state index in [0.717, 1.165) is 0 Å². The summed E-state index contributed by atoms with van der Waals surface area (Å²) in [6.45, 7) is 18.4. The van der Waals surface area contributed by atoms with Crippen molar-refractivity contribution in [3.63, 3.8) is 0 Å². The first kappa shape index (κ1) is 13.4. The molecule has 16 heavy (non-hydrogen) atoms. The molecule has 1 aromatic carbocycles. The fourth-order valence-corrected chi connectivity index (χ4v) is 7.23. The van der Waals surface area contributed by atoms with Gasteiger partial charge >= 0.3 is 0 Å². The molecule has 0 aliphatic rings. The zero-order valence-corrected chi connectivity index (χ0v) is 12.5. The molecular weight excluding hydrogens is 208 g/mol. The van der Waals surface area contributed by atoms with Gasteiger partial charge in [-0.1, -0.05) is 72.4 Å². The lowest BCUT2D eigenvalue weighted by atomic mass is 10.2. The number of benzene rings is 1. The fourth-order valence-electron chi connectivity index (χ4n) is 2.70. The number of rotatable bonds is 0. The third-order valence-corrected chi connectivity index (χ3v) is 6.81. The van der Waals surface area contributed by atoms with Crippen molar-refractivity contribution in [3.8, 4) is 0 Å². The monoisotopic (exact) mass is 232 g/mol. The second-order valence-corrected chi connectivity index (χ2v) is 10.8. The molecule has 0 bridgehead atoms. The predicted molar refractivity (Wildman–Crippen MR) is 75.6 cm³/mol. The van der Waals surface area contributed by atoms with E-state index in [4.69, 9.17) is 0 Å². The highest BCUT2D eigenvalue weighted by Gasteiger charge is 2.29. The Balaban J connectivity index is 3.75. The van der Waals surface area contributed by atoms with Gasteiger partial charge in [0.2, 0.25) is 0 Å². The Morgan fingerprint density at radius 3 is 1.69 bits per heavy atom. The zero-order valence-electron chi connectivity index (χ0n) is 11.5. The van der Waals surface area contributed by atoms with Crippen molar-refractivity contribution in [3.05, 3.63) is 34.3 Å². The lowest BCUT2D eigenvalue weighted by molar-refractivity contribution is 0.658. The van der Waals surface area contributed by atoms with Crippen molar-refractivity contribution in [1.29, 1.82) is 0 Å². The van der Waals surface area contributed by atoms with Gasteiger partial charge in [0.1, 0.15) is 0 Å². The Morgan fingerprint density at radius 2 is 1.31 bits per heavy atom. The van der Waals surface area contributed by atoms with Crippen LogP contribution in [0.3, 0.4) is 0 Å². The van der Waals surface area contributed by atoms with E-state index in [2.05, 4.69) is 72.4 Å². The molecule has 0 nitrogen and oxygen atoms in total. The third kappa shape index (κ3) is 2.91. The van der Waals surface area contributed by atoms with Gasteiger partial charge in [0.15, 0.2) is 0 Å². The molecule has 0 aliphatic heterocycles. The maximum absolute atomic E-state index is 4.19. The van der Waals surface area contributed by atoms with Gasteiger partial charge in [0.25, 0.3) is 0 Å². The lowest BCUT2D eigenvalue weighted by Crippen LogP contribution is -2.30. The first-order chi connectivity index (χ1) is 7.14. The summed E-state index contributed by atoms with van der Waals surface area (Å²) in [7, 11) is -0.646. The smallest absolute Gasteiger partial charge is 0.0314 e. The normalized spacial score (nSPS) is 12.6. The van der Waals surface area contributed by atoms with Crippen LogP contribution >= 0.6 is 0 Å². The minimum Gasteiger partial charge on any atom is -0.0916 e. The van der Waals surface area contributed by atoms with E-state index in [0.29, 0.717) is 10.1 Å². The summed E-state index contributed by atoms with van der Waals surface area (Å²) in [5, 5.41) is 1.93. The molecule has 0 spiro atoms. The second kappa shape index (κ2) is 4.29. The summed E-state index contributed by atoms with van der Waals surface area (Å²) < 4.78 is 0. The molecule has 0 aliphatic carbocycles. The van der Waals surface area contributed by atoms with Gasteiger partial charge in [0, 0.05) is 8.41 Å². The van der Waals surface area contributed by atoms with E-state index in [1.165, 1.54) is 10.0 Å². The van der Waals surface area contributed by atoms with Crippen LogP contribution in [0.4, 0.5) is 0 Å². The molecule has 0 heterocycles. The second-order valence-electron chi connectivity index (χ2n) is 6.53. The van der Waals surface area contributed by atoms with Crippen molar-refractivity contribution in [1.82, 2.24) is 0 Å². The molecule has 1 heteroatoms. The zero-order chi connectivity index (χ0) is 12.6. The first-order valence-electron chi connectivity index (χ1n) is 5.93. The Hall–Kier alpha value is -0.693. The quantitative estimate of drug-likeness (QED) is 0.593. The molecule has 0 N–H and O–H groups in total. The largest absolute Gasteiger partial charge is 0.0916 e. The van der Waals surface area contributed by atoms with Crippen molar-refractivity contribution in [2.45, 2.75) is 51.6 Å². The van der Waals surface area contributed by atoms with E-state index in [-0.39, 0.29) is 0 Å². The molecule has 0 saturated heterocycles. The summed E-state index contributed by atoms with van der Waals surface area (Å²) in [6, 6.07) is 8.63. The highest BCUT2D eigenvalue weighted by molar-refractivity contribution is 6.57. The maximum Gasteiger partial charge on any atom is 0.0314 e. The third-order valence-electron chi connectivity index (χ3n) is 2.79. The van der Waals surface area contributed by atoms with Crippen LogP contribution in [-0.4, -0.2) is 8.41 Å². The molecule has 0 unspecified atom stereocenters. The molecule has 0 radical (unpaired) electrons. The van der Waals surface area contributed by atoms with Gasteiger partial charge in [0.05, 0.1) is 0 Å². The van der Waals surface area contributed by atoms with Crippen LogP contribution in [-0.2, 0) is 0 Å². The Bertz CT molecular complexity index is 453. The fraction of sp³-hybridized carbons (Fsp3) is 0.533. The predicted octanol–water partition coefficient (Wildman–Crippen LogP) is 4.02. The molecule has 1 aromatic rings. The van der Waals surface area contributed by atoms with Crippen LogP contribution < -0.4 is 5.22 Å². The highest BCUT2D eigenvalue weighted by atomic mass is 28.2. The van der Waals surface area contributed by atoms with Crippen molar-refractivity contribution < 1.29 is 0 Å². The molecule has 0 amide bonds. The van der Waals surface area contributed by atoms with E-state index in [1.54, 1.807) is 0 Å². The molecule has 0 atom stereocenters. The van der Waals surface area contributed by atoms with Gasteiger partial charge in [-0.2, -0.15) is 0 Å². The molecule has 0 fully saturated rings. The van der Waals surface area contributed by atoms with Crippen LogP contribution in [0, 0.1) is 4.81 Å². The molecule has 1 rings (SSSR count). The number of hydrogen-bond donors (Lipinski definition) is 0. The summed E-state index contributed by atoms with van der Waals surface area (Å²) in [5.74, 6) is 0. The van der Waals surface area contributed by atoms with Crippen molar-refractivity contribution >= 4 is 15.0 Å². The van der Waals surface area contributed by atoms with E-state index < -0.39 is 8.41 Å². The topological polar surface area (TPSA) is 0 Å². The molecule has 88 valence electrons. The van der Waals surface area contributed by atoms with Gasteiger partial charge in [-0.05, 0) is 20.1 Å². The SMILES string of the molecule is C=c1ccccc1=[Si](C(C)(C)C)C(C)(C)C. The van der Waals surface area contributed by atoms with E-state index in [1.807, 2.05) is 0 Å². The average Bonchev–Trinajstić information content (AvgIpc) is 2.03. The molecule has 0 aromatic heterocycles. The lowest BCUT2D eigenvalue weighted by Gasteiger charge is -2.33. The first-order valence-corrected chi connectivity index (χ1v) is 7.43. The molecule has 0 saturated carbocycles. The van der Waals surface area contributed by atoms with Crippen molar-refractivity contribution in [2.24, 2.45) is 0 Å². The number of hydrogen-bond acceptors (Lipinski definition) is 0. The Morgan fingerprint density at radius 1 is 0.875 bits per heavy atom. The Kier molecular flexibility index (Phi) is 3.58. The summed E-state index contributed by atoms with van der Waals surface area (Å²) in [5.41, 5.74) is 0. The van der Waals surface area contributed by atoms with Crippen LogP contribution in [0.15, 0.2) is 24.3 Å². The highest BCUT2D eigenvalue weighted by Crippen LogP contribution is 2.38.